The van der Waals surface area contributed by atoms with Gasteiger partial charge in [0.2, 0.25) is 5.91 Å². The molecule has 0 radical (unpaired) electrons. The molecule has 0 bridgehead atoms. The van der Waals surface area contributed by atoms with Crippen LogP contribution >= 0.6 is 23.2 Å². The molecule has 0 atom stereocenters. The number of anilines is 2. The molecule has 0 saturated carbocycles. The number of rotatable bonds is 3. The Morgan fingerprint density at radius 2 is 1.79 bits per heavy atom. The van der Waals surface area contributed by atoms with E-state index in [0.29, 0.717) is 10.0 Å². The molecular weight excluding hydrogens is 393 g/mol. The zero-order valence-electron chi connectivity index (χ0n) is 15.6. The van der Waals surface area contributed by atoms with E-state index >= 15 is 0 Å². The first-order chi connectivity index (χ1) is 13.5. The number of piperidine rings is 1. The topological polar surface area (TPSA) is 45.2 Å². The Bertz CT molecular complexity index is 1010. The standard InChI is InChI=1S/C22H21Cl2N3O/c1-14-19-3-2-4-21(20(19)5-8-25-14)26-22(28)15-6-9-27(10-7-15)18-12-16(23)11-17(24)13-18/h2-5,8,11-13,15H,6-7,9-10H2,1H3,(H,26,28). The lowest BCUT2D eigenvalue weighted by molar-refractivity contribution is -0.120. The van der Waals surface area contributed by atoms with Gasteiger partial charge in [-0.3, -0.25) is 9.78 Å². The van der Waals surface area contributed by atoms with Crippen molar-refractivity contribution in [1.82, 2.24) is 4.98 Å². The van der Waals surface area contributed by atoms with Gasteiger partial charge in [-0.05, 0) is 50.1 Å². The number of carbonyl (C=O) groups is 1. The number of carbonyl (C=O) groups excluding carboxylic acids is 1. The van der Waals surface area contributed by atoms with Crippen molar-refractivity contribution in [3.05, 3.63) is 64.4 Å². The summed E-state index contributed by atoms with van der Waals surface area (Å²) in [4.78, 5) is 19.4. The van der Waals surface area contributed by atoms with Crippen molar-refractivity contribution < 1.29 is 4.79 Å². The molecule has 144 valence electrons. The lowest BCUT2D eigenvalue weighted by Gasteiger charge is -2.33. The van der Waals surface area contributed by atoms with Crippen LogP contribution in [-0.2, 0) is 4.79 Å². The lowest BCUT2D eigenvalue weighted by Crippen LogP contribution is -2.38. The Balaban J connectivity index is 1.44. The zero-order chi connectivity index (χ0) is 19.7. The molecule has 1 aliphatic rings. The van der Waals surface area contributed by atoms with Crippen LogP contribution in [0.15, 0.2) is 48.7 Å². The highest BCUT2D eigenvalue weighted by molar-refractivity contribution is 6.35. The summed E-state index contributed by atoms with van der Waals surface area (Å²) in [6.45, 7) is 3.58. The molecule has 1 fully saturated rings. The second-order valence-corrected chi connectivity index (χ2v) is 8.05. The SMILES string of the molecule is Cc1nccc2c(NC(=O)C3CCN(c4cc(Cl)cc(Cl)c4)CC3)cccc12. The van der Waals surface area contributed by atoms with Crippen LogP contribution in [0, 0.1) is 12.8 Å². The van der Waals surface area contributed by atoms with Crippen molar-refractivity contribution in [3.63, 3.8) is 0 Å². The van der Waals surface area contributed by atoms with Crippen molar-refractivity contribution in [3.8, 4) is 0 Å². The monoisotopic (exact) mass is 413 g/mol. The van der Waals surface area contributed by atoms with Crippen molar-refractivity contribution in [1.29, 1.82) is 0 Å². The highest BCUT2D eigenvalue weighted by atomic mass is 35.5. The summed E-state index contributed by atoms with van der Waals surface area (Å²) >= 11 is 12.2. The molecule has 6 heteroatoms. The normalized spacial score (nSPS) is 15.0. The van der Waals surface area contributed by atoms with Crippen LogP contribution < -0.4 is 10.2 Å². The number of amides is 1. The molecule has 1 aromatic heterocycles. The summed E-state index contributed by atoms with van der Waals surface area (Å²) < 4.78 is 0. The van der Waals surface area contributed by atoms with Crippen LogP contribution in [0.5, 0.6) is 0 Å². The molecular formula is C22H21Cl2N3O. The number of hydrogen-bond acceptors (Lipinski definition) is 3. The second kappa shape index (κ2) is 7.98. The smallest absolute Gasteiger partial charge is 0.227 e. The average molecular weight is 414 g/mol. The molecule has 1 N–H and O–H groups in total. The largest absolute Gasteiger partial charge is 0.371 e. The van der Waals surface area contributed by atoms with E-state index in [1.54, 1.807) is 12.3 Å². The molecule has 1 aliphatic heterocycles. The molecule has 0 unspecified atom stereocenters. The van der Waals surface area contributed by atoms with Gasteiger partial charge in [-0.2, -0.15) is 0 Å². The number of halogens is 2. The minimum Gasteiger partial charge on any atom is -0.371 e. The maximum atomic E-state index is 12.9. The number of pyridine rings is 1. The number of aryl methyl sites for hydroxylation is 1. The van der Waals surface area contributed by atoms with Gasteiger partial charge in [-0.15, -0.1) is 0 Å². The second-order valence-electron chi connectivity index (χ2n) is 7.18. The Labute approximate surface area is 174 Å². The van der Waals surface area contributed by atoms with Crippen LogP contribution in [0.4, 0.5) is 11.4 Å². The highest BCUT2D eigenvalue weighted by Gasteiger charge is 2.26. The van der Waals surface area contributed by atoms with Gasteiger partial charge in [-0.25, -0.2) is 0 Å². The van der Waals surface area contributed by atoms with E-state index in [9.17, 15) is 4.79 Å². The zero-order valence-corrected chi connectivity index (χ0v) is 17.1. The van der Waals surface area contributed by atoms with Gasteiger partial charge >= 0.3 is 0 Å². The van der Waals surface area contributed by atoms with E-state index in [1.165, 1.54) is 0 Å². The fourth-order valence-corrected chi connectivity index (χ4v) is 4.33. The fraction of sp³-hybridized carbons (Fsp3) is 0.273. The van der Waals surface area contributed by atoms with Crippen LogP contribution in [0.25, 0.3) is 10.8 Å². The number of nitrogens with one attached hydrogen (secondary N) is 1. The van der Waals surface area contributed by atoms with Gasteiger partial charge in [0.1, 0.15) is 0 Å². The lowest BCUT2D eigenvalue weighted by atomic mass is 9.95. The third-order valence-electron chi connectivity index (χ3n) is 5.34. The van der Waals surface area contributed by atoms with Gasteiger partial charge < -0.3 is 10.2 Å². The fourth-order valence-electron chi connectivity index (χ4n) is 3.82. The van der Waals surface area contributed by atoms with Gasteiger partial charge in [0, 0.05) is 63.1 Å². The van der Waals surface area contributed by atoms with E-state index in [-0.39, 0.29) is 11.8 Å². The molecule has 2 heterocycles. The van der Waals surface area contributed by atoms with Crippen LogP contribution in [-0.4, -0.2) is 24.0 Å². The minimum atomic E-state index is -0.0101. The third-order valence-corrected chi connectivity index (χ3v) is 5.78. The summed E-state index contributed by atoms with van der Waals surface area (Å²) in [6, 6.07) is 13.4. The molecule has 4 rings (SSSR count). The van der Waals surface area contributed by atoms with Crippen molar-refractivity contribution in [2.24, 2.45) is 5.92 Å². The number of hydrogen-bond donors (Lipinski definition) is 1. The van der Waals surface area contributed by atoms with Gasteiger partial charge in [-0.1, -0.05) is 35.3 Å². The summed E-state index contributed by atoms with van der Waals surface area (Å²) in [5, 5.41) is 6.47. The van der Waals surface area contributed by atoms with Gasteiger partial charge in [0.25, 0.3) is 0 Å². The summed E-state index contributed by atoms with van der Waals surface area (Å²) in [5.74, 6) is 0.0647. The number of benzene rings is 2. The highest BCUT2D eigenvalue weighted by Crippen LogP contribution is 2.30. The maximum absolute atomic E-state index is 12.9. The van der Waals surface area contributed by atoms with E-state index in [4.69, 9.17) is 23.2 Å². The van der Waals surface area contributed by atoms with E-state index < -0.39 is 0 Å². The Kier molecular flexibility index (Phi) is 5.42. The molecule has 2 aromatic carbocycles. The van der Waals surface area contributed by atoms with Crippen LogP contribution in [0.2, 0.25) is 10.0 Å². The predicted octanol–water partition coefficient (Wildman–Crippen LogP) is 5.71. The first-order valence-corrected chi connectivity index (χ1v) is 10.1. The number of fused-ring (bicyclic) bond motifs is 1. The quantitative estimate of drug-likeness (QED) is 0.598. The van der Waals surface area contributed by atoms with E-state index in [0.717, 1.165) is 53.8 Å². The van der Waals surface area contributed by atoms with Gasteiger partial charge in [0.15, 0.2) is 0 Å². The van der Waals surface area contributed by atoms with E-state index in [2.05, 4.69) is 15.2 Å². The Morgan fingerprint density at radius 3 is 2.50 bits per heavy atom. The summed E-state index contributed by atoms with van der Waals surface area (Å²) in [5.41, 5.74) is 2.81. The van der Waals surface area contributed by atoms with Gasteiger partial charge in [0.05, 0.1) is 0 Å². The number of aromatic nitrogens is 1. The molecule has 3 aromatic rings. The van der Waals surface area contributed by atoms with Crippen molar-refractivity contribution in [2.75, 3.05) is 23.3 Å². The molecule has 0 spiro atoms. The average Bonchev–Trinajstić information content (AvgIpc) is 2.68. The van der Waals surface area contributed by atoms with Crippen molar-refractivity contribution >= 4 is 51.3 Å². The molecule has 1 saturated heterocycles. The summed E-state index contributed by atoms with van der Waals surface area (Å²) in [7, 11) is 0. The molecule has 4 nitrogen and oxygen atoms in total. The van der Waals surface area contributed by atoms with Crippen LogP contribution in [0.1, 0.15) is 18.5 Å². The van der Waals surface area contributed by atoms with Crippen LogP contribution in [0.3, 0.4) is 0 Å². The molecule has 28 heavy (non-hydrogen) atoms. The minimum absolute atomic E-state index is 0.0101. The van der Waals surface area contributed by atoms with Crippen molar-refractivity contribution in [2.45, 2.75) is 19.8 Å². The predicted molar refractivity (Wildman–Crippen MR) is 117 cm³/mol. The van der Waals surface area contributed by atoms with E-state index in [1.807, 2.05) is 43.3 Å². The molecule has 0 aliphatic carbocycles. The maximum Gasteiger partial charge on any atom is 0.227 e. The Hall–Kier alpha value is -2.30. The third kappa shape index (κ3) is 3.94. The Morgan fingerprint density at radius 1 is 1.07 bits per heavy atom. The summed E-state index contributed by atoms with van der Waals surface area (Å²) in [6.07, 6.45) is 3.37. The first kappa shape index (κ1) is 19.0. The molecule has 1 amide bonds. The first-order valence-electron chi connectivity index (χ1n) is 9.37. The number of nitrogens with zero attached hydrogens (tertiary/aromatic N) is 2.